The standard InChI is InChI=1S/C17H26N2O4S/c1-4-18-7-8-23-16-12-19(11-14(16)10-18)24(20,21)17-6-5-13(2)9-15(17)22-3/h5-6,9,14,16H,4,7-8,10-12H2,1-3H3/t14-,16+/m0/s1. The summed E-state index contributed by atoms with van der Waals surface area (Å²) in [5.74, 6) is 0.622. The summed E-state index contributed by atoms with van der Waals surface area (Å²) in [6, 6.07) is 5.20. The normalized spacial score (nSPS) is 26.1. The highest BCUT2D eigenvalue weighted by Crippen LogP contribution is 2.32. The molecule has 7 heteroatoms. The van der Waals surface area contributed by atoms with Gasteiger partial charge in [0.2, 0.25) is 10.0 Å². The van der Waals surface area contributed by atoms with Gasteiger partial charge >= 0.3 is 0 Å². The summed E-state index contributed by atoms with van der Waals surface area (Å²) in [4.78, 5) is 2.56. The van der Waals surface area contributed by atoms with E-state index in [4.69, 9.17) is 9.47 Å². The van der Waals surface area contributed by atoms with E-state index in [1.807, 2.05) is 6.92 Å². The molecule has 2 aliphatic rings. The van der Waals surface area contributed by atoms with Gasteiger partial charge in [0.05, 0.1) is 19.8 Å². The van der Waals surface area contributed by atoms with Crippen molar-refractivity contribution in [3.05, 3.63) is 23.8 Å². The second-order valence-electron chi connectivity index (χ2n) is 6.54. The summed E-state index contributed by atoms with van der Waals surface area (Å²) in [5.41, 5.74) is 0.972. The molecule has 0 saturated carbocycles. The lowest BCUT2D eigenvalue weighted by atomic mass is 10.1. The summed E-state index contributed by atoms with van der Waals surface area (Å²) in [5, 5.41) is 0. The van der Waals surface area contributed by atoms with Crippen LogP contribution in [-0.4, -0.2) is 70.2 Å². The van der Waals surface area contributed by atoms with Crippen molar-refractivity contribution in [2.24, 2.45) is 5.92 Å². The van der Waals surface area contributed by atoms with Gasteiger partial charge in [0.15, 0.2) is 0 Å². The predicted molar refractivity (Wildman–Crippen MR) is 91.8 cm³/mol. The zero-order valence-electron chi connectivity index (χ0n) is 14.6. The summed E-state index contributed by atoms with van der Waals surface area (Å²) in [6.45, 7) is 8.39. The Balaban J connectivity index is 1.84. The van der Waals surface area contributed by atoms with Crippen molar-refractivity contribution in [3.8, 4) is 5.75 Å². The van der Waals surface area contributed by atoms with Crippen molar-refractivity contribution < 1.29 is 17.9 Å². The zero-order valence-corrected chi connectivity index (χ0v) is 15.4. The molecular weight excluding hydrogens is 328 g/mol. The van der Waals surface area contributed by atoms with E-state index in [1.54, 1.807) is 22.5 Å². The number of methoxy groups -OCH3 is 1. The van der Waals surface area contributed by atoms with E-state index in [0.29, 0.717) is 25.4 Å². The first-order valence-electron chi connectivity index (χ1n) is 8.44. The molecule has 0 bridgehead atoms. The summed E-state index contributed by atoms with van der Waals surface area (Å²) in [7, 11) is -2.08. The zero-order chi connectivity index (χ0) is 17.3. The lowest BCUT2D eigenvalue weighted by Gasteiger charge is -2.22. The van der Waals surface area contributed by atoms with Gasteiger partial charge in [0.25, 0.3) is 0 Å². The fourth-order valence-corrected chi connectivity index (χ4v) is 5.18. The molecule has 6 nitrogen and oxygen atoms in total. The lowest BCUT2D eigenvalue weighted by Crippen LogP contribution is -2.34. The van der Waals surface area contributed by atoms with Crippen LogP contribution in [0.3, 0.4) is 0 Å². The second-order valence-corrected chi connectivity index (χ2v) is 8.45. The van der Waals surface area contributed by atoms with E-state index in [-0.39, 0.29) is 16.9 Å². The number of aryl methyl sites for hydroxylation is 1. The molecule has 0 spiro atoms. The van der Waals surface area contributed by atoms with E-state index in [1.165, 1.54) is 7.11 Å². The average molecular weight is 354 g/mol. The van der Waals surface area contributed by atoms with Crippen LogP contribution in [0.4, 0.5) is 0 Å². The van der Waals surface area contributed by atoms with Crippen LogP contribution >= 0.6 is 0 Å². The third-order valence-electron chi connectivity index (χ3n) is 4.96. The maximum Gasteiger partial charge on any atom is 0.246 e. The molecule has 2 saturated heterocycles. The number of sulfonamides is 1. The minimum atomic E-state index is -3.58. The molecule has 2 fully saturated rings. The molecule has 0 amide bonds. The number of hydrogen-bond acceptors (Lipinski definition) is 5. The highest BCUT2D eigenvalue weighted by atomic mass is 32.2. The molecule has 1 aromatic rings. The third-order valence-corrected chi connectivity index (χ3v) is 6.83. The van der Waals surface area contributed by atoms with Gasteiger partial charge in [-0.05, 0) is 31.2 Å². The summed E-state index contributed by atoms with van der Waals surface area (Å²) in [6.07, 6.45) is -0.0206. The van der Waals surface area contributed by atoms with Crippen LogP contribution in [0.5, 0.6) is 5.75 Å². The number of hydrogen-bond donors (Lipinski definition) is 0. The van der Waals surface area contributed by atoms with Crippen molar-refractivity contribution in [1.82, 2.24) is 9.21 Å². The third kappa shape index (κ3) is 3.31. The fraction of sp³-hybridized carbons (Fsp3) is 0.647. The summed E-state index contributed by atoms with van der Waals surface area (Å²) >= 11 is 0. The number of likely N-dealkylation sites (N-methyl/N-ethyl adjacent to an activating group) is 1. The van der Waals surface area contributed by atoms with Gasteiger partial charge in [-0.3, -0.25) is 0 Å². The topological polar surface area (TPSA) is 59.1 Å². The van der Waals surface area contributed by atoms with E-state index >= 15 is 0 Å². The van der Waals surface area contributed by atoms with E-state index in [9.17, 15) is 8.42 Å². The van der Waals surface area contributed by atoms with Crippen LogP contribution in [0.2, 0.25) is 0 Å². The maximum atomic E-state index is 13.1. The SMILES string of the molecule is CCN1CCO[C@@H]2CN(S(=O)(=O)c3ccc(C)cc3OC)C[C@@H]2C1. The predicted octanol–water partition coefficient (Wildman–Crippen LogP) is 1.34. The van der Waals surface area contributed by atoms with E-state index in [2.05, 4.69) is 11.8 Å². The Morgan fingerprint density at radius 1 is 1.29 bits per heavy atom. The Kier molecular flexibility index (Phi) is 5.15. The van der Waals surface area contributed by atoms with Crippen LogP contribution in [0, 0.1) is 12.8 Å². The smallest absolute Gasteiger partial charge is 0.246 e. The van der Waals surface area contributed by atoms with Gasteiger partial charge in [0.1, 0.15) is 10.6 Å². The molecule has 0 radical (unpaired) electrons. The van der Waals surface area contributed by atoms with Crippen LogP contribution in [0.25, 0.3) is 0 Å². The van der Waals surface area contributed by atoms with Crippen LogP contribution in [-0.2, 0) is 14.8 Å². The molecular formula is C17H26N2O4S. The van der Waals surface area contributed by atoms with Crippen molar-refractivity contribution in [2.45, 2.75) is 24.8 Å². The van der Waals surface area contributed by atoms with Gasteiger partial charge in [-0.1, -0.05) is 13.0 Å². The van der Waals surface area contributed by atoms with Gasteiger partial charge in [-0.2, -0.15) is 4.31 Å². The number of benzene rings is 1. The monoisotopic (exact) mass is 354 g/mol. The first kappa shape index (κ1) is 17.7. The van der Waals surface area contributed by atoms with Gasteiger partial charge in [-0.15, -0.1) is 0 Å². The van der Waals surface area contributed by atoms with Crippen LogP contribution < -0.4 is 4.74 Å². The Labute approximate surface area is 144 Å². The molecule has 2 atom stereocenters. The molecule has 0 aromatic heterocycles. The minimum Gasteiger partial charge on any atom is -0.495 e. The van der Waals surface area contributed by atoms with Gasteiger partial charge in [-0.25, -0.2) is 8.42 Å². The second kappa shape index (κ2) is 7.00. The number of nitrogens with zero attached hydrogens (tertiary/aromatic N) is 2. The van der Waals surface area contributed by atoms with Gasteiger partial charge in [0, 0.05) is 32.1 Å². The van der Waals surface area contributed by atoms with Crippen molar-refractivity contribution in [3.63, 3.8) is 0 Å². The highest BCUT2D eigenvalue weighted by Gasteiger charge is 2.42. The molecule has 2 heterocycles. The Bertz CT molecular complexity index is 692. The Morgan fingerprint density at radius 3 is 2.79 bits per heavy atom. The largest absolute Gasteiger partial charge is 0.495 e. The minimum absolute atomic E-state index is 0.0206. The summed E-state index contributed by atoms with van der Waals surface area (Å²) < 4.78 is 38.9. The van der Waals surface area contributed by atoms with Crippen molar-refractivity contribution >= 4 is 10.0 Å². The molecule has 24 heavy (non-hydrogen) atoms. The first-order valence-corrected chi connectivity index (χ1v) is 9.88. The molecule has 2 aliphatic heterocycles. The molecule has 1 aromatic carbocycles. The fourth-order valence-electron chi connectivity index (χ4n) is 3.53. The molecule has 0 unspecified atom stereocenters. The molecule has 0 N–H and O–H groups in total. The first-order chi connectivity index (χ1) is 11.5. The van der Waals surface area contributed by atoms with Crippen LogP contribution in [0.1, 0.15) is 12.5 Å². The molecule has 134 valence electrons. The number of ether oxygens (including phenoxy) is 2. The van der Waals surface area contributed by atoms with E-state index in [0.717, 1.165) is 25.2 Å². The lowest BCUT2D eigenvalue weighted by molar-refractivity contribution is 0.0548. The van der Waals surface area contributed by atoms with Crippen LogP contribution in [0.15, 0.2) is 23.1 Å². The van der Waals surface area contributed by atoms with Gasteiger partial charge < -0.3 is 14.4 Å². The van der Waals surface area contributed by atoms with Crippen molar-refractivity contribution in [1.29, 1.82) is 0 Å². The quantitative estimate of drug-likeness (QED) is 0.817. The Hall–Kier alpha value is -1.15. The van der Waals surface area contributed by atoms with E-state index < -0.39 is 10.0 Å². The van der Waals surface area contributed by atoms with Crippen molar-refractivity contribution in [2.75, 3.05) is 46.4 Å². The molecule has 0 aliphatic carbocycles. The highest BCUT2D eigenvalue weighted by molar-refractivity contribution is 7.89. The number of fused-ring (bicyclic) bond motifs is 1. The molecule has 3 rings (SSSR count). The maximum absolute atomic E-state index is 13.1. The number of rotatable bonds is 4. The Morgan fingerprint density at radius 2 is 2.08 bits per heavy atom. The average Bonchev–Trinajstić information content (AvgIpc) is 2.87.